The van der Waals surface area contributed by atoms with Crippen LogP contribution in [0.5, 0.6) is 0 Å². The van der Waals surface area contributed by atoms with Gasteiger partial charge in [-0.3, -0.25) is 4.79 Å². The topological polar surface area (TPSA) is 41.9 Å². The fourth-order valence-electron chi connectivity index (χ4n) is 3.26. The smallest absolute Gasteiger partial charge is 0.264 e. The molecule has 0 radical (unpaired) electrons. The second-order valence-corrected chi connectivity index (χ2v) is 8.20. The van der Waals surface area contributed by atoms with Crippen LogP contribution in [0.1, 0.15) is 27.2 Å². The van der Waals surface area contributed by atoms with E-state index in [0.717, 1.165) is 11.6 Å². The largest absolute Gasteiger partial charge is 0.390 e. The van der Waals surface area contributed by atoms with E-state index in [1.165, 1.54) is 28.4 Å². The quantitative estimate of drug-likeness (QED) is 0.500. The first kappa shape index (κ1) is 20.5. The molecular weight excluding hydrogens is 430 g/mol. The number of carbonyl (C=O) groups excluding carboxylic acids is 1. The number of carbonyl (C=O) groups is 1. The fraction of sp³-hybridized carbons (Fsp3) is 0.182. The lowest BCUT2D eigenvalue weighted by atomic mass is 10.0. The van der Waals surface area contributed by atoms with Gasteiger partial charge in [0, 0.05) is 35.2 Å². The van der Waals surface area contributed by atoms with Crippen LogP contribution < -0.4 is 0 Å². The van der Waals surface area contributed by atoms with Gasteiger partial charge in [0.25, 0.3) is 5.91 Å². The number of benzene rings is 2. The zero-order valence-electron chi connectivity index (χ0n) is 15.7. The number of hydrogen-bond donors (Lipinski definition) is 0. The molecule has 0 spiro atoms. The first-order chi connectivity index (χ1) is 14.5. The molecule has 0 fully saturated rings. The molecule has 4 rings (SSSR count). The fourth-order valence-corrected chi connectivity index (χ4v) is 4.19. The van der Waals surface area contributed by atoms with Crippen LogP contribution in [0.15, 0.2) is 65.1 Å². The van der Waals surface area contributed by atoms with E-state index in [9.17, 15) is 13.6 Å². The van der Waals surface area contributed by atoms with Gasteiger partial charge in [-0.1, -0.05) is 47.1 Å². The van der Waals surface area contributed by atoms with E-state index < -0.39 is 17.7 Å². The predicted octanol–water partition coefficient (Wildman–Crippen LogP) is 5.52. The molecule has 1 aliphatic rings. The molecule has 2 aromatic carbocycles. The molecule has 0 bridgehead atoms. The van der Waals surface area contributed by atoms with Crippen molar-refractivity contribution in [2.24, 2.45) is 5.16 Å². The summed E-state index contributed by atoms with van der Waals surface area (Å²) in [6.45, 7) is 0.190. The maximum Gasteiger partial charge on any atom is 0.264 e. The maximum atomic E-state index is 14.2. The molecule has 1 aromatic heterocycles. The average molecular weight is 447 g/mol. The van der Waals surface area contributed by atoms with Gasteiger partial charge in [-0.25, -0.2) is 8.78 Å². The Labute approximate surface area is 181 Å². The minimum atomic E-state index is -0.695. The van der Waals surface area contributed by atoms with Gasteiger partial charge >= 0.3 is 0 Å². The van der Waals surface area contributed by atoms with Crippen LogP contribution in [-0.4, -0.2) is 29.2 Å². The predicted molar refractivity (Wildman–Crippen MR) is 113 cm³/mol. The van der Waals surface area contributed by atoms with Crippen molar-refractivity contribution in [3.8, 4) is 0 Å². The Morgan fingerprint density at radius 3 is 2.77 bits per heavy atom. The lowest BCUT2D eigenvalue weighted by Gasteiger charge is -2.24. The summed E-state index contributed by atoms with van der Waals surface area (Å²) < 4.78 is 27.5. The van der Waals surface area contributed by atoms with Crippen LogP contribution in [0.25, 0.3) is 0 Å². The van der Waals surface area contributed by atoms with Crippen LogP contribution in [-0.2, 0) is 11.4 Å². The Hall–Kier alpha value is -2.77. The van der Waals surface area contributed by atoms with Crippen molar-refractivity contribution < 1.29 is 18.4 Å². The van der Waals surface area contributed by atoms with E-state index in [4.69, 9.17) is 16.4 Å². The summed E-state index contributed by atoms with van der Waals surface area (Å²) in [5.74, 6) is -1.60. The molecule has 0 saturated heterocycles. The number of nitrogens with zero attached hydrogens (tertiary/aromatic N) is 2. The van der Waals surface area contributed by atoms with Gasteiger partial charge in [0.2, 0.25) is 0 Å². The molecule has 2 heterocycles. The molecule has 1 aliphatic heterocycles. The lowest BCUT2D eigenvalue weighted by Crippen LogP contribution is -2.37. The summed E-state index contributed by atoms with van der Waals surface area (Å²) in [6.07, 6.45) is 0.0628. The molecule has 8 heteroatoms. The lowest BCUT2D eigenvalue weighted by molar-refractivity contribution is 0.0406. The molecule has 154 valence electrons. The Kier molecular flexibility index (Phi) is 6.11. The normalized spacial score (nSPS) is 15.6. The second kappa shape index (κ2) is 8.93. The summed E-state index contributed by atoms with van der Waals surface area (Å²) in [4.78, 5) is 20.6. The SMILES string of the molecule is O=C(c1cccs1)N(Cc1ccc(F)cc1F)CC1CC(c2ccccc2Cl)=NO1. The summed E-state index contributed by atoms with van der Waals surface area (Å²) in [6, 6.07) is 14.2. The number of rotatable bonds is 6. The molecule has 30 heavy (non-hydrogen) atoms. The first-order valence-corrected chi connectivity index (χ1v) is 10.5. The van der Waals surface area contributed by atoms with Crippen LogP contribution in [0.2, 0.25) is 5.02 Å². The molecule has 0 N–H and O–H groups in total. The van der Waals surface area contributed by atoms with Crippen LogP contribution in [0, 0.1) is 11.6 Å². The number of amides is 1. The molecule has 0 aliphatic carbocycles. The van der Waals surface area contributed by atoms with Crippen molar-refractivity contribution in [1.82, 2.24) is 4.90 Å². The highest BCUT2D eigenvalue weighted by Gasteiger charge is 2.29. The highest BCUT2D eigenvalue weighted by Crippen LogP contribution is 2.25. The van der Waals surface area contributed by atoms with Gasteiger partial charge in [0.05, 0.1) is 17.1 Å². The van der Waals surface area contributed by atoms with E-state index in [0.29, 0.717) is 22.0 Å². The molecule has 3 aromatic rings. The van der Waals surface area contributed by atoms with Crippen molar-refractivity contribution in [2.45, 2.75) is 19.1 Å². The summed E-state index contributed by atoms with van der Waals surface area (Å²) in [5, 5.41) is 6.50. The van der Waals surface area contributed by atoms with E-state index >= 15 is 0 Å². The molecule has 4 nitrogen and oxygen atoms in total. The van der Waals surface area contributed by atoms with Gasteiger partial charge in [-0.15, -0.1) is 11.3 Å². The van der Waals surface area contributed by atoms with Crippen molar-refractivity contribution in [3.63, 3.8) is 0 Å². The summed E-state index contributed by atoms with van der Waals surface area (Å²) >= 11 is 7.54. The standard InChI is InChI=1S/C22H17ClF2N2O2S/c23-18-5-2-1-4-17(18)20-11-16(29-26-20)13-27(22(28)21-6-3-9-30-21)12-14-7-8-15(24)10-19(14)25/h1-10,16H,11-13H2. The number of oxime groups is 1. The highest BCUT2D eigenvalue weighted by atomic mass is 35.5. The molecular formula is C22H17ClF2N2O2S. The first-order valence-electron chi connectivity index (χ1n) is 9.25. The maximum absolute atomic E-state index is 14.2. The Bertz CT molecular complexity index is 1090. The van der Waals surface area contributed by atoms with Gasteiger partial charge in [-0.05, 0) is 23.6 Å². The zero-order valence-corrected chi connectivity index (χ0v) is 17.3. The third kappa shape index (κ3) is 4.52. The number of halogens is 3. The van der Waals surface area contributed by atoms with Crippen molar-refractivity contribution in [1.29, 1.82) is 0 Å². The summed E-state index contributed by atoms with van der Waals surface area (Å²) in [7, 11) is 0. The number of thiophene rings is 1. The van der Waals surface area contributed by atoms with E-state index in [1.807, 2.05) is 18.2 Å². The molecule has 1 unspecified atom stereocenters. The van der Waals surface area contributed by atoms with Crippen molar-refractivity contribution >= 4 is 34.6 Å². The number of hydrogen-bond acceptors (Lipinski definition) is 4. The van der Waals surface area contributed by atoms with Crippen LogP contribution in [0.4, 0.5) is 8.78 Å². The van der Waals surface area contributed by atoms with Crippen molar-refractivity contribution in [3.05, 3.63) is 92.6 Å². The van der Waals surface area contributed by atoms with Crippen LogP contribution >= 0.6 is 22.9 Å². The second-order valence-electron chi connectivity index (χ2n) is 6.85. The third-order valence-corrected chi connectivity index (χ3v) is 5.92. The zero-order chi connectivity index (χ0) is 21.1. The molecule has 1 atom stereocenters. The highest BCUT2D eigenvalue weighted by molar-refractivity contribution is 7.12. The average Bonchev–Trinajstić information content (AvgIpc) is 3.41. The molecule has 0 saturated carbocycles. The van der Waals surface area contributed by atoms with Crippen LogP contribution in [0.3, 0.4) is 0 Å². The minimum Gasteiger partial charge on any atom is -0.390 e. The summed E-state index contributed by atoms with van der Waals surface area (Å²) in [5.41, 5.74) is 1.70. The monoisotopic (exact) mass is 446 g/mol. The molecule has 1 amide bonds. The Morgan fingerprint density at radius 2 is 2.03 bits per heavy atom. The van der Waals surface area contributed by atoms with Gasteiger partial charge in [0.15, 0.2) is 6.10 Å². The minimum absolute atomic E-state index is 0.00979. The third-order valence-electron chi connectivity index (χ3n) is 4.74. The van der Waals surface area contributed by atoms with Gasteiger partial charge < -0.3 is 9.74 Å². The van der Waals surface area contributed by atoms with E-state index in [1.54, 1.807) is 23.6 Å². The van der Waals surface area contributed by atoms with E-state index in [2.05, 4.69) is 5.16 Å². The Morgan fingerprint density at radius 1 is 1.20 bits per heavy atom. The van der Waals surface area contributed by atoms with Gasteiger partial charge in [0.1, 0.15) is 11.6 Å². The van der Waals surface area contributed by atoms with Gasteiger partial charge in [-0.2, -0.15) is 0 Å². The van der Waals surface area contributed by atoms with Crippen molar-refractivity contribution in [2.75, 3.05) is 6.54 Å². The van der Waals surface area contributed by atoms with E-state index in [-0.39, 0.29) is 24.6 Å². The Balaban J connectivity index is 1.52.